The topological polar surface area (TPSA) is 62.5 Å². The zero-order valence-corrected chi connectivity index (χ0v) is 11.7. The molecule has 1 aromatic rings. The molecule has 108 valence electrons. The second-order valence-corrected chi connectivity index (χ2v) is 3.64. The van der Waals surface area contributed by atoms with Gasteiger partial charge in [-0.1, -0.05) is 6.07 Å². The smallest absolute Gasteiger partial charge is 0.168 e. The highest BCUT2D eigenvalue weighted by atomic mass is 16.5. The van der Waals surface area contributed by atoms with E-state index in [0.717, 1.165) is 6.54 Å². The standard InChI is InChI=1S/C7H10N.C7H14O4/c1-2-8-6-4-3-5-7-8;1-2-10-5-6-11-4-3-7(8)9/h3-7H,2H2,1H3;2-6H2,1H3,(H,8,9)/q+1;/p-1. The summed E-state index contributed by atoms with van der Waals surface area (Å²) in [5.74, 6) is -1.08. The van der Waals surface area contributed by atoms with Gasteiger partial charge >= 0.3 is 0 Å². The summed E-state index contributed by atoms with van der Waals surface area (Å²) >= 11 is 0. The Kier molecular flexibility index (Phi) is 12.0. The van der Waals surface area contributed by atoms with Crippen LogP contribution in [0, 0.1) is 0 Å². The van der Waals surface area contributed by atoms with Crippen LogP contribution in [0.25, 0.3) is 0 Å². The predicted octanol–water partition coefficient (Wildman–Crippen LogP) is 0.174. The number of aliphatic carboxylic acids is 1. The van der Waals surface area contributed by atoms with E-state index in [4.69, 9.17) is 9.47 Å². The van der Waals surface area contributed by atoms with Crippen LogP contribution in [0.3, 0.4) is 0 Å². The third-order valence-corrected chi connectivity index (χ3v) is 2.17. The van der Waals surface area contributed by atoms with Gasteiger partial charge in [0.15, 0.2) is 12.4 Å². The third kappa shape index (κ3) is 12.8. The molecule has 0 radical (unpaired) electrons. The van der Waals surface area contributed by atoms with E-state index in [1.54, 1.807) is 0 Å². The number of carboxylic acid groups (broad SMARTS) is 1. The van der Waals surface area contributed by atoms with Gasteiger partial charge in [-0.15, -0.1) is 0 Å². The molecular weight excluding hydrogens is 246 g/mol. The van der Waals surface area contributed by atoms with Crippen molar-refractivity contribution in [2.45, 2.75) is 26.8 Å². The fourth-order valence-corrected chi connectivity index (χ4v) is 1.16. The molecule has 0 unspecified atom stereocenters. The molecule has 1 rings (SSSR count). The highest BCUT2D eigenvalue weighted by Crippen LogP contribution is 1.81. The number of rotatable bonds is 8. The van der Waals surface area contributed by atoms with Crippen molar-refractivity contribution in [2.24, 2.45) is 0 Å². The molecule has 1 heterocycles. The SMILES string of the molecule is CCOCCOCCC(=O)[O-].CC[n+]1ccccc1. The first-order chi connectivity index (χ1) is 9.20. The van der Waals surface area contributed by atoms with E-state index in [1.165, 1.54) is 0 Å². The van der Waals surface area contributed by atoms with Gasteiger partial charge in [0.05, 0.1) is 19.8 Å². The second-order valence-electron chi connectivity index (χ2n) is 3.64. The van der Waals surface area contributed by atoms with E-state index in [2.05, 4.69) is 23.9 Å². The summed E-state index contributed by atoms with van der Waals surface area (Å²) in [6.07, 6.45) is 4.06. The average Bonchev–Trinajstić information content (AvgIpc) is 2.44. The maximum absolute atomic E-state index is 9.87. The van der Waals surface area contributed by atoms with Crippen molar-refractivity contribution >= 4 is 5.97 Å². The molecule has 0 aliphatic heterocycles. The van der Waals surface area contributed by atoms with Gasteiger partial charge in [0.25, 0.3) is 0 Å². The maximum Gasteiger partial charge on any atom is 0.168 e. The molecule has 0 aliphatic rings. The molecule has 5 nitrogen and oxygen atoms in total. The summed E-state index contributed by atoms with van der Waals surface area (Å²) in [5, 5.41) is 9.87. The van der Waals surface area contributed by atoms with E-state index < -0.39 is 5.97 Å². The van der Waals surface area contributed by atoms with Crippen LogP contribution in [0.15, 0.2) is 30.6 Å². The van der Waals surface area contributed by atoms with Gasteiger partial charge in [0.2, 0.25) is 0 Å². The molecule has 5 heteroatoms. The first-order valence-electron chi connectivity index (χ1n) is 6.50. The zero-order chi connectivity index (χ0) is 14.3. The summed E-state index contributed by atoms with van der Waals surface area (Å²) in [6.45, 7) is 6.89. The minimum atomic E-state index is -1.08. The van der Waals surface area contributed by atoms with Gasteiger partial charge in [-0.3, -0.25) is 0 Å². The lowest BCUT2D eigenvalue weighted by Crippen LogP contribution is -2.30. The number of hydrogen-bond donors (Lipinski definition) is 0. The van der Waals surface area contributed by atoms with Crippen LogP contribution in [-0.4, -0.2) is 32.4 Å². The molecule has 0 saturated heterocycles. The Bertz CT molecular complexity index is 316. The number of carbonyl (C=O) groups is 1. The molecule has 0 aliphatic carbocycles. The van der Waals surface area contributed by atoms with Crippen molar-refractivity contribution in [3.63, 3.8) is 0 Å². The van der Waals surface area contributed by atoms with Gasteiger partial charge in [0.1, 0.15) is 6.54 Å². The largest absolute Gasteiger partial charge is 0.550 e. The number of carbonyl (C=O) groups excluding carboxylic acids is 1. The van der Waals surface area contributed by atoms with Crippen LogP contribution in [0.5, 0.6) is 0 Å². The summed E-state index contributed by atoms with van der Waals surface area (Å²) in [5.41, 5.74) is 0. The van der Waals surface area contributed by atoms with E-state index >= 15 is 0 Å². The molecule has 0 saturated carbocycles. The van der Waals surface area contributed by atoms with Crippen LogP contribution in [0.2, 0.25) is 0 Å². The summed E-state index contributed by atoms with van der Waals surface area (Å²) in [7, 11) is 0. The Morgan fingerprint density at radius 1 is 1.05 bits per heavy atom. The molecule has 0 N–H and O–H groups in total. The monoisotopic (exact) mass is 269 g/mol. The maximum atomic E-state index is 9.87. The van der Waals surface area contributed by atoms with Crippen molar-refractivity contribution in [1.29, 1.82) is 0 Å². The summed E-state index contributed by atoms with van der Waals surface area (Å²) in [4.78, 5) is 9.87. The Morgan fingerprint density at radius 3 is 2.16 bits per heavy atom. The van der Waals surface area contributed by atoms with Crippen LogP contribution >= 0.6 is 0 Å². The lowest BCUT2D eigenvalue weighted by Gasteiger charge is -2.04. The predicted molar refractivity (Wildman–Crippen MR) is 69.2 cm³/mol. The minimum absolute atomic E-state index is 0.0495. The van der Waals surface area contributed by atoms with Crippen molar-refractivity contribution in [3.8, 4) is 0 Å². The number of nitrogens with zero attached hydrogens (tertiary/aromatic N) is 1. The third-order valence-electron chi connectivity index (χ3n) is 2.17. The fourth-order valence-electron chi connectivity index (χ4n) is 1.16. The number of carboxylic acids is 1. The van der Waals surface area contributed by atoms with Gasteiger partial charge in [-0.2, -0.15) is 0 Å². The van der Waals surface area contributed by atoms with Crippen molar-refractivity contribution in [2.75, 3.05) is 26.4 Å². The molecule has 0 amide bonds. The van der Waals surface area contributed by atoms with Crippen LogP contribution in [-0.2, 0) is 20.8 Å². The quantitative estimate of drug-likeness (QED) is 0.499. The number of pyridine rings is 1. The summed E-state index contributed by atoms with van der Waals surface area (Å²) in [6, 6.07) is 6.08. The number of aromatic nitrogens is 1. The average molecular weight is 269 g/mol. The highest BCUT2D eigenvalue weighted by molar-refractivity contribution is 5.64. The number of aryl methyl sites for hydroxylation is 1. The molecule has 0 bridgehead atoms. The van der Waals surface area contributed by atoms with E-state index in [1.807, 2.05) is 25.1 Å². The minimum Gasteiger partial charge on any atom is -0.550 e. The zero-order valence-electron chi connectivity index (χ0n) is 11.7. The molecule has 0 fully saturated rings. The highest BCUT2D eigenvalue weighted by Gasteiger charge is 1.88. The van der Waals surface area contributed by atoms with Gasteiger partial charge in [-0.25, -0.2) is 4.57 Å². The lowest BCUT2D eigenvalue weighted by molar-refractivity contribution is -0.693. The number of hydrogen-bond acceptors (Lipinski definition) is 4. The Hall–Kier alpha value is -1.46. The van der Waals surface area contributed by atoms with E-state index in [9.17, 15) is 9.90 Å². The van der Waals surface area contributed by atoms with Crippen LogP contribution in [0.1, 0.15) is 20.3 Å². The van der Waals surface area contributed by atoms with E-state index in [0.29, 0.717) is 19.8 Å². The fraction of sp³-hybridized carbons (Fsp3) is 0.571. The van der Waals surface area contributed by atoms with Gasteiger partial charge < -0.3 is 19.4 Å². The molecule has 19 heavy (non-hydrogen) atoms. The second kappa shape index (κ2) is 13.0. The Balaban J connectivity index is 0.000000356. The van der Waals surface area contributed by atoms with Crippen LogP contribution in [0.4, 0.5) is 0 Å². The van der Waals surface area contributed by atoms with Crippen molar-refractivity contribution in [3.05, 3.63) is 30.6 Å². The Labute approximate surface area is 114 Å². The first-order valence-corrected chi connectivity index (χ1v) is 6.50. The van der Waals surface area contributed by atoms with Gasteiger partial charge in [-0.05, 0) is 13.8 Å². The first kappa shape index (κ1) is 17.5. The Morgan fingerprint density at radius 2 is 1.68 bits per heavy atom. The number of ether oxygens (including phenoxy) is 2. The molecular formula is C14H23NO4. The van der Waals surface area contributed by atoms with Crippen molar-refractivity contribution in [1.82, 2.24) is 0 Å². The van der Waals surface area contributed by atoms with E-state index in [-0.39, 0.29) is 13.0 Å². The molecule has 0 aromatic carbocycles. The molecule has 1 aromatic heterocycles. The normalized spacial score (nSPS) is 9.58. The summed E-state index contributed by atoms with van der Waals surface area (Å²) < 4.78 is 12.0. The lowest BCUT2D eigenvalue weighted by atomic mass is 10.5. The van der Waals surface area contributed by atoms with Crippen LogP contribution < -0.4 is 9.67 Å². The molecule has 0 atom stereocenters. The van der Waals surface area contributed by atoms with Crippen molar-refractivity contribution < 1.29 is 23.9 Å². The van der Waals surface area contributed by atoms with Gasteiger partial charge in [0, 0.05) is 31.1 Å². The molecule has 0 spiro atoms.